The number of ether oxygens (including phenoxy) is 3. The van der Waals surface area contributed by atoms with Gasteiger partial charge in [0.05, 0.1) is 49.8 Å². The van der Waals surface area contributed by atoms with Gasteiger partial charge in [0, 0.05) is 31.0 Å². The predicted molar refractivity (Wildman–Crippen MR) is 187 cm³/mol. The summed E-state index contributed by atoms with van der Waals surface area (Å²) in [6.07, 6.45) is 4.18. The lowest BCUT2D eigenvalue weighted by Gasteiger charge is -2.36. The molecule has 0 spiro atoms. The van der Waals surface area contributed by atoms with E-state index in [4.69, 9.17) is 14.2 Å². The average Bonchev–Trinajstić information content (AvgIpc) is 3.52. The fourth-order valence-corrected chi connectivity index (χ4v) is 6.81. The monoisotopic (exact) mass is 682 g/mol. The van der Waals surface area contributed by atoms with E-state index in [1.54, 1.807) is 6.07 Å². The number of aromatic nitrogens is 5. The van der Waals surface area contributed by atoms with Gasteiger partial charge in [0.2, 0.25) is 0 Å². The van der Waals surface area contributed by atoms with E-state index in [-0.39, 0.29) is 34.6 Å². The van der Waals surface area contributed by atoms with Crippen LogP contribution in [0.1, 0.15) is 98.8 Å². The molecule has 2 saturated heterocycles. The van der Waals surface area contributed by atoms with Gasteiger partial charge in [-0.25, -0.2) is 14.8 Å². The third kappa shape index (κ3) is 7.35. The molecule has 2 N–H and O–H groups in total. The average molecular weight is 683 g/mol. The summed E-state index contributed by atoms with van der Waals surface area (Å²) in [7, 11) is 0. The van der Waals surface area contributed by atoms with Gasteiger partial charge in [0.15, 0.2) is 17.3 Å². The number of Topliss-reactive ketones (excluding diaryl/α,β-unsaturated/α-hetero) is 1. The summed E-state index contributed by atoms with van der Waals surface area (Å²) < 4.78 is 19.5. The number of benzene rings is 1. The molecule has 3 aliphatic rings. The molecule has 1 aromatic carbocycles. The lowest BCUT2D eigenvalue weighted by molar-refractivity contribution is -0.0548. The normalized spacial score (nSPS) is 20.5. The molecule has 13 heteroatoms. The number of amides is 2. The van der Waals surface area contributed by atoms with E-state index in [1.165, 1.54) is 0 Å². The number of ketones is 1. The summed E-state index contributed by atoms with van der Waals surface area (Å²) in [5, 5.41) is 14.8. The topological polar surface area (TPSA) is 145 Å². The number of morpholine rings is 1. The van der Waals surface area contributed by atoms with Crippen LogP contribution in [0, 0.1) is 0 Å². The zero-order valence-electron chi connectivity index (χ0n) is 29.3. The van der Waals surface area contributed by atoms with Crippen molar-refractivity contribution in [3.05, 3.63) is 77.1 Å². The summed E-state index contributed by atoms with van der Waals surface area (Å²) in [6, 6.07) is 13.0. The van der Waals surface area contributed by atoms with Crippen LogP contribution in [0.25, 0.3) is 5.65 Å². The summed E-state index contributed by atoms with van der Waals surface area (Å²) >= 11 is 0. The summed E-state index contributed by atoms with van der Waals surface area (Å²) in [5.41, 5.74) is 2.95. The molecule has 2 fully saturated rings. The largest absolute Gasteiger partial charge is 0.484 e. The minimum Gasteiger partial charge on any atom is -0.484 e. The lowest BCUT2D eigenvalue weighted by atomic mass is 9.85. The second-order valence-corrected chi connectivity index (χ2v) is 14.8. The van der Waals surface area contributed by atoms with E-state index in [1.807, 2.05) is 61.7 Å². The molecule has 50 heavy (non-hydrogen) atoms. The third-order valence-electron chi connectivity index (χ3n) is 9.74. The SMILES string of the molecule is CC(C)(C)c1cc(NC(=O)N[C@H]2CC[C@@H](Oc3ccc4nnc(C5(C)COC5)n4c3)c3ccccc32)nc(C(=O)CCCN2CCOCC2)n1. The minimum atomic E-state index is -0.396. The molecule has 0 unspecified atom stereocenters. The van der Waals surface area contributed by atoms with Crippen LogP contribution in [0.5, 0.6) is 5.75 Å². The van der Waals surface area contributed by atoms with Gasteiger partial charge in [0.25, 0.3) is 0 Å². The quantitative estimate of drug-likeness (QED) is 0.215. The highest BCUT2D eigenvalue weighted by Crippen LogP contribution is 2.39. The van der Waals surface area contributed by atoms with Gasteiger partial charge in [-0.2, -0.15) is 0 Å². The predicted octanol–water partition coefficient (Wildman–Crippen LogP) is 5.18. The third-order valence-corrected chi connectivity index (χ3v) is 9.74. The number of fused-ring (bicyclic) bond motifs is 2. The van der Waals surface area contributed by atoms with Gasteiger partial charge < -0.3 is 19.5 Å². The molecule has 0 saturated carbocycles. The van der Waals surface area contributed by atoms with Crippen molar-refractivity contribution in [2.24, 2.45) is 0 Å². The Morgan fingerprint density at radius 3 is 2.52 bits per heavy atom. The second kappa shape index (κ2) is 14.0. The molecule has 2 aliphatic heterocycles. The van der Waals surface area contributed by atoms with Crippen LogP contribution < -0.4 is 15.4 Å². The Kier molecular flexibility index (Phi) is 9.55. The highest BCUT2D eigenvalue weighted by Gasteiger charge is 2.40. The Bertz CT molecular complexity index is 1860. The van der Waals surface area contributed by atoms with E-state index in [9.17, 15) is 9.59 Å². The Morgan fingerprint density at radius 1 is 1.00 bits per heavy atom. The molecule has 1 aliphatic carbocycles. The molecule has 4 aromatic rings. The van der Waals surface area contributed by atoms with E-state index < -0.39 is 6.03 Å². The maximum Gasteiger partial charge on any atom is 0.320 e. The van der Waals surface area contributed by atoms with Crippen molar-refractivity contribution in [3.8, 4) is 5.75 Å². The number of carbonyl (C=O) groups excluding carboxylic acids is 2. The molecule has 0 radical (unpaired) electrons. The number of anilines is 1. The van der Waals surface area contributed by atoms with Gasteiger partial charge >= 0.3 is 6.03 Å². The van der Waals surface area contributed by atoms with Gasteiger partial charge in [-0.1, -0.05) is 45.0 Å². The number of nitrogens with zero attached hydrogens (tertiary/aromatic N) is 6. The first kappa shape index (κ1) is 34.0. The second-order valence-electron chi connectivity index (χ2n) is 14.8. The summed E-state index contributed by atoms with van der Waals surface area (Å²) in [4.78, 5) is 38.1. The van der Waals surface area contributed by atoms with E-state index in [0.717, 1.165) is 61.2 Å². The van der Waals surface area contributed by atoms with Crippen LogP contribution in [0.2, 0.25) is 0 Å². The highest BCUT2D eigenvalue weighted by atomic mass is 16.5. The molecule has 2 amide bonds. The van der Waals surface area contributed by atoms with Gasteiger partial charge in [-0.15, -0.1) is 10.2 Å². The van der Waals surface area contributed by atoms with Crippen LogP contribution in [0.15, 0.2) is 48.7 Å². The number of urea groups is 1. The fourth-order valence-electron chi connectivity index (χ4n) is 6.81. The van der Waals surface area contributed by atoms with Gasteiger partial charge in [-0.05, 0) is 56.0 Å². The van der Waals surface area contributed by atoms with Crippen LogP contribution in [-0.4, -0.2) is 87.3 Å². The van der Waals surface area contributed by atoms with Crippen LogP contribution in [-0.2, 0) is 20.3 Å². The first-order valence-electron chi connectivity index (χ1n) is 17.5. The number of pyridine rings is 1. The first-order valence-corrected chi connectivity index (χ1v) is 17.5. The molecule has 0 bridgehead atoms. The number of nitrogens with one attached hydrogen (secondary N) is 2. The van der Waals surface area contributed by atoms with Crippen LogP contribution in [0.3, 0.4) is 0 Å². The van der Waals surface area contributed by atoms with Crippen molar-refractivity contribution in [2.75, 3.05) is 51.4 Å². The van der Waals surface area contributed by atoms with Crippen molar-refractivity contribution in [3.63, 3.8) is 0 Å². The fraction of sp³-hybridized carbons (Fsp3) is 0.514. The van der Waals surface area contributed by atoms with Crippen LogP contribution >= 0.6 is 0 Å². The Hall–Kier alpha value is -4.46. The van der Waals surface area contributed by atoms with Crippen LogP contribution in [0.4, 0.5) is 10.6 Å². The maximum atomic E-state index is 13.5. The molecule has 7 rings (SSSR count). The van der Waals surface area contributed by atoms with Crippen molar-refractivity contribution < 1.29 is 23.8 Å². The van der Waals surface area contributed by atoms with Crippen molar-refractivity contribution in [1.82, 2.24) is 34.8 Å². The van der Waals surface area contributed by atoms with E-state index in [2.05, 4.69) is 48.7 Å². The lowest BCUT2D eigenvalue weighted by Crippen LogP contribution is -2.45. The standard InChI is InChI=1S/C37H46N8O5/c1-36(2,3)30-20-31(40-33(39-30)28(46)10-7-15-44-16-18-48-19-17-44)41-35(47)38-27-12-13-29(26-9-6-5-8-25(26)27)50-24-11-14-32-42-43-34(45(32)21-24)37(4)22-49-23-37/h5-6,8-9,11,14,20-21,27,29H,7,10,12-13,15-19,22-23H2,1-4H3,(H2,38,39,40,41,47)/t27-,29+/m0/s1. The Balaban J connectivity index is 1.02. The molecule has 13 nitrogen and oxygen atoms in total. The first-order chi connectivity index (χ1) is 24.1. The van der Waals surface area contributed by atoms with Gasteiger partial charge in [-0.3, -0.25) is 19.4 Å². The van der Waals surface area contributed by atoms with E-state index in [0.29, 0.717) is 50.4 Å². The number of hydrogen-bond acceptors (Lipinski definition) is 10. The number of hydrogen-bond donors (Lipinski definition) is 2. The Morgan fingerprint density at radius 2 is 1.78 bits per heavy atom. The van der Waals surface area contributed by atoms with Crippen molar-refractivity contribution in [2.45, 2.75) is 76.4 Å². The maximum absolute atomic E-state index is 13.5. The number of rotatable bonds is 10. The molecule has 264 valence electrons. The Labute approximate surface area is 292 Å². The highest BCUT2D eigenvalue weighted by molar-refractivity contribution is 5.94. The number of carbonyl (C=O) groups is 2. The molecular formula is C37H46N8O5. The zero-order valence-corrected chi connectivity index (χ0v) is 29.3. The van der Waals surface area contributed by atoms with Crippen molar-refractivity contribution >= 4 is 23.3 Å². The molecule has 3 aromatic heterocycles. The smallest absolute Gasteiger partial charge is 0.320 e. The minimum absolute atomic E-state index is 0.129. The van der Waals surface area contributed by atoms with Crippen molar-refractivity contribution in [1.29, 1.82) is 0 Å². The van der Waals surface area contributed by atoms with Gasteiger partial charge in [0.1, 0.15) is 23.5 Å². The molecular weight excluding hydrogens is 636 g/mol. The molecule has 2 atom stereocenters. The van der Waals surface area contributed by atoms with E-state index >= 15 is 0 Å². The summed E-state index contributed by atoms with van der Waals surface area (Å²) in [6.45, 7) is 13.5. The summed E-state index contributed by atoms with van der Waals surface area (Å²) in [5.74, 6) is 1.88. The zero-order chi connectivity index (χ0) is 34.9. The molecule has 5 heterocycles.